The van der Waals surface area contributed by atoms with Crippen molar-refractivity contribution >= 4 is 40.1 Å². The Kier molecular flexibility index (Phi) is 4.47. The van der Waals surface area contributed by atoms with Gasteiger partial charge in [-0.05, 0) is 61.8 Å². The lowest BCUT2D eigenvalue weighted by Gasteiger charge is -2.35. The number of allylic oxidation sites excluding steroid dienone is 1. The number of ether oxygens (including phenoxy) is 1. The van der Waals surface area contributed by atoms with Crippen molar-refractivity contribution in [3.8, 4) is 0 Å². The van der Waals surface area contributed by atoms with Crippen molar-refractivity contribution in [2.24, 2.45) is 5.92 Å². The number of nitrogens with zero attached hydrogens (tertiary/aromatic N) is 1. The molecule has 5 heteroatoms. The van der Waals surface area contributed by atoms with E-state index in [1.165, 1.54) is 0 Å². The summed E-state index contributed by atoms with van der Waals surface area (Å²) in [6.45, 7) is 2.26. The first-order chi connectivity index (χ1) is 12.0. The first kappa shape index (κ1) is 16.9. The molecule has 2 aliphatic rings. The first-order valence-corrected chi connectivity index (χ1v) is 9.43. The summed E-state index contributed by atoms with van der Waals surface area (Å²) in [6, 6.07) is 5.66. The Bertz CT molecular complexity index is 891. The second kappa shape index (κ2) is 6.62. The van der Waals surface area contributed by atoms with E-state index in [0.29, 0.717) is 29.9 Å². The molecular weight excluding hydrogens is 357 g/mol. The molecule has 0 aliphatic heterocycles. The van der Waals surface area contributed by atoms with Gasteiger partial charge in [-0.25, -0.2) is 0 Å². The van der Waals surface area contributed by atoms with Crippen LogP contribution in [0.2, 0.25) is 10.0 Å². The number of fused-ring (bicyclic) bond motifs is 5. The summed E-state index contributed by atoms with van der Waals surface area (Å²) in [5, 5.41) is 2.41. The lowest BCUT2D eigenvalue weighted by atomic mass is 9.71. The zero-order chi connectivity index (χ0) is 17.6. The molecule has 0 radical (unpaired) electrons. The van der Waals surface area contributed by atoms with Gasteiger partial charge in [0.05, 0.1) is 23.6 Å². The van der Waals surface area contributed by atoms with Crippen molar-refractivity contribution in [2.45, 2.75) is 38.5 Å². The number of benzene rings is 1. The fourth-order valence-electron chi connectivity index (χ4n) is 4.20. The van der Waals surface area contributed by atoms with Crippen molar-refractivity contribution in [3.63, 3.8) is 0 Å². The van der Waals surface area contributed by atoms with E-state index in [1.807, 2.05) is 25.1 Å². The summed E-state index contributed by atoms with van der Waals surface area (Å²) >= 11 is 12.9. The van der Waals surface area contributed by atoms with Crippen LogP contribution in [0.1, 0.15) is 43.4 Å². The molecule has 1 aromatic carbocycles. The van der Waals surface area contributed by atoms with E-state index in [9.17, 15) is 4.79 Å². The molecule has 0 amide bonds. The summed E-state index contributed by atoms with van der Waals surface area (Å²) < 4.78 is 5.10. The van der Waals surface area contributed by atoms with Crippen LogP contribution in [0, 0.1) is 5.92 Å². The Hall–Kier alpha value is -1.58. The van der Waals surface area contributed by atoms with Gasteiger partial charge in [-0.3, -0.25) is 9.78 Å². The van der Waals surface area contributed by atoms with Crippen molar-refractivity contribution in [1.29, 1.82) is 0 Å². The topological polar surface area (TPSA) is 39.2 Å². The normalized spacial score (nSPS) is 21.6. The molecule has 0 saturated heterocycles. The molecule has 1 heterocycles. The Morgan fingerprint density at radius 1 is 1.32 bits per heavy atom. The Balaban J connectivity index is 1.70. The summed E-state index contributed by atoms with van der Waals surface area (Å²) in [6.07, 6.45) is 5.40. The third-order valence-corrected chi connectivity index (χ3v) is 5.75. The van der Waals surface area contributed by atoms with Gasteiger partial charge in [0.1, 0.15) is 0 Å². The predicted molar refractivity (Wildman–Crippen MR) is 100 cm³/mol. The van der Waals surface area contributed by atoms with E-state index >= 15 is 0 Å². The molecular formula is C20H19Cl2NO2. The van der Waals surface area contributed by atoms with Gasteiger partial charge in [-0.2, -0.15) is 0 Å². The molecule has 0 N–H and O–H groups in total. The highest BCUT2D eigenvalue weighted by Gasteiger charge is 2.34. The number of rotatable bonds is 3. The van der Waals surface area contributed by atoms with Gasteiger partial charge in [0.2, 0.25) is 0 Å². The predicted octanol–water partition coefficient (Wildman–Crippen LogP) is 5.47. The molecule has 1 aromatic heterocycles. The quantitative estimate of drug-likeness (QED) is 0.527. The van der Waals surface area contributed by atoms with Crippen LogP contribution >= 0.6 is 23.2 Å². The number of carbonyl (C=O) groups is 1. The van der Waals surface area contributed by atoms with Gasteiger partial charge in [0.25, 0.3) is 0 Å². The Morgan fingerprint density at radius 3 is 2.96 bits per heavy atom. The number of hydrogen-bond donors (Lipinski definition) is 0. The maximum Gasteiger partial charge on any atom is 0.309 e. The highest BCUT2D eigenvalue weighted by Crippen LogP contribution is 2.47. The third-order valence-electron chi connectivity index (χ3n) is 5.11. The van der Waals surface area contributed by atoms with Crippen LogP contribution in [0.4, 0.5) is 0 Å². The van der Waals surface area contributed by atoms with Gasteiger partial charge in [-0.15, -0.1) is 0 Å². The number of hydrogen-bond acceptors (Lipinski definition) is 3. The van der Waals surface area contributed by atoms with E-state index in [-0.39, 0.29) is 5.97 Å². The number of pyridine rings is 1. The smallest absolute Gasteiger partial charge is 0.309 e. The van der Waals surface area contributed by atoms with Crippen molar-refractivity contribution in [1.82, 2.24) is 4.98 Å². The molecule has 2 bridgehead atoms. The van der Waals surface area contributed by atoms with Gasteiger partial charge in [0, 0.05) is 16.1 Å². The summed E-state index contributed by atoms with van der Waals surface area (Å²) in [5.41, 5.74) is 4.25. The number of esters is 1. The number of carbonyl (C=O) groups excluding carboxylic acids is 1. The zero-order valence-electron chi connectivity index (χ0n) is 14.0. The van der Waals surface area contributed by atoms with Crippen LogP contribution in [-0.4, -0.2) is 17.6 Å². The summed E-state index contributed by atoms with van der Waals surface area (Å²) in [5.74, 6) is 0.588. The van der Waals surface area contributed by atoms with E-state index in [4.69, 9.17) is 32.9 Å². The van der Waals surface area contributed by atoms with Crippen LogP contribution in [0.15, 0.2) is 29.8 Å². The lowest BCUT2D eigenvalue weighted by molar-refractivity contribution is -0.142. The Morgan fingerprint density at radius 2 is 2.16 bits per heavy atom. The average molecular weight is 376 g/mol. The van der Waals surface area contributed by atoms with Crippen LogP contribution in [0.25, 0.3) is 10.9 Å². The van der Waals surface area contributed by atoms with Crippen molar-refractivity contribution in [3.05, 3.63) is 51.2 Å². The van der Waals surface area contributed by atoms with Gasteiger partial charge >= 0.3 is 5.97 Å². The van der Waals surface area contributed by atoms with Crippen molar-refractivity contribution < 1.29 is 9.53 Å². The van der Waals surface area contributed by atoms with Crippen LogP contribution in [0.5, 0.6) is 0 Å². The molecule has 2 unspecified atom stereocenters. The molecule has 2 atom stereocenters. The second-order valence-corrected chi connectivity index (χ2v) is 7.67. The zero-order valence-corrected chi connectivity index (χ0v) is 15.5. The highest BCUT2D eigenvalue weighted by molar-refractivity contribution is 6.37. The average Bonchev–Trinajstić information content (AvgIpc) is 2.54. The molecule has 0 spiro atoms. The van der Waals surface area contributed by atoms with Crippen LogP contribution in [-0.2, 0) is 16.0 Å². The van der Waals surface area contributed by atoms with E-state index in [0.717, 1.165) is 52.0 Å². The number of aromatic nitrogens is 1. The minimum atomic E-state index is -0.147. The lowest BCUT2D eigenvalue weighted by Crippen LogP contribution is -2.24. The minimum absolute atomic E-state index is 0.147. The largest absolute Gasteiger partial charge is 0.466 e. The fourth-order valence-corrected chi connectivity index (χ4v) is 4.79. The maximum atomic E-state index is 11.8. The Labute approximate surface area is 157 Å². The van der Waals surface area contributed by atoms with Gasteiger partial charge in [-0.1, -0.05) is 34.9 Å². The number of halogens is 2. The highest BCUT2D eigenvalue weighted by atomic mass is 35.5. The summed E-state index contributed by atoms with van der Waals surface area (Å²) in [7, 11) is 0. The van der Waals surface area contributed by atoms with Gasteiger partial charge < -0.3 is 4.74 Å². The van der Waals surface area contributed by atoms with E-state index in [2.05, 4.69) is 6.08 Å². The molecule has 25 heavy (non-hydrogen) atoms. The second-order valence-electron chi connectivity index (χ2n) is 6.86. The molecule has 2 aromatic rings. The third kappa shape index (κ3) is 3.16. The molecule has 0 fully saturated rings. The summed E-state index contributed by atoms with van der Waals surface area (Å²) in [4.78, 5) is 16.7. The first-order valence-electron chi connectivity index (χ1n) is 8.68. The molecule has 130 valence electrons. The van der Waals surface area contributed by atoms with Crippen molar-refractivity contribution in [2.75, 3.05) is 6.61 Å². The standard InChI is InChI=1S/C20H19Cl2NO2/c1-2-25-18(24)9-12-5-11-6-13(7-12)19-17(8-11)23-16-10-14(21)3-4-15(16)20(19)22/h3-5,10-11,13H,2,6-9H2,1H3. The molecule has 0 saturated carbocycles. The molecule has 4 rings (SSSR count). The maximum absolute atomic E-state index is 11.8. The van der Waals surface area contributed by atoms with E-state index in [1.54, 1.807) is 0 Å². The van der Waals surface area contributed by atoms with Gasteiger partial charge in [0.15, 0.2) is 0 Å². The van der Waals surface area contributed by atoms with Crippen LogP contribution < -0.4 is 0 Å². The van der Waals surface area contributed by atoms with E-state index < -0.39 is 0 Å². The molecule has 2 aliphatic carbocycles. The molecule has 3 nitrogen and oxygen atoms in total. The monoisotopic (exact) mass is 375 g/mol. The van der Waals surface area contributed by atoms with Crippen LogP contribution in [0.3, 0.4) is 0 Å². The fraction of sp³-hybridized carbons (Fsp3) is 0.400. The SMILES string of the molecule is CCOC(=O)CC1=CC2Cc3nc4cc(Cl)ccc4c(Cl)c3C(C1)C2. The minimum Gasteiger partial charge on any atom is -0.466 e.